The molecule has 0 fully saturated rings. The average Bonchev–Trinajstić information content (AvgIpc) is 2.18. The molecule has 17 heavy (non-hydrogen) atoms. The zero-order valence-corrected chi connectivity index (χ0v) is 11.7. The molecule has 1 amide bonds. The van der Waals surface area contributed by atoms with E-state index in [4.69, 9.17) is 34.8 Å². The molecule has 1 atom stereocenters. The molecule has 0 bridgehead atoms. The second-order valence-corrected chi connectivity index (χ2v) is 6.05. The van der Waals surface area contributed by atoms with Crippen molar-refractivity contribution in [3.05, 3.63) is 29.8 Å². The Balaban J connectivity index is 2.79. The van der Waals surface area contributed by atoms with Gasteiger partial charge in [-0.2, -0.15) is 0 Å². The Morgan fingerprint density at radius 1 is 1.24 bits per heavy atom. The predicted octanol–water partition coefficient (Wildman–Crippen LogP) is 3.24. The Bertz CT molecular complexity index is 387. The van der Waals surface area contributed by atoms with Crippen LogP contribution < -0.4 is 10.6 Å². The van der Waals surface area contributed by atoms with Gasteiger partial charge in [0.15, 0.2) is 0 Å². The minimum atomic E-state index is -1.63. The Hall–Kier alpha value is -0.640. The highest BCUT2D eigenvalue weighted by molar-refractivity contribution is 6.68. The molecular formula is C11H13Cl3N2O. The van der Waals surface area contributed by atoms with Crippen LogP contribution in [0.2, 0.25) is 0 Å². The molecule has 0 saturated heterocycles. The van der Waals surface area contributed by atoms with E-state index in [1.165, 1.54) is 6.92 Å². The first kappa shape index (κ1) is 14.4. The van der Waals surface area contributed by atoms with Gasteiger partial charge in [-0.05, 0) is 19.1 Å². The maximum atomic E-state index is 11.0. The van der Waals surface area contributed by atoms with Gasteiger partial charge in [-0.1, -0.05) is 52.5 Å². The summed E-state index contributed by atoms with van der Waals surface area (Å²) in [6, 6.07) is 7.54. The van der Waals surface area contributed by atoms with Gasteiger partial charge in [0.1, 0.15) is 6.17 Å². The topological polar surface area (TPSA) is 41.1 Å². The average molecular weight is 296 g/mol. The van der Waals surface area contributed by atoms with Gasteiger partial charge < -0.3 is 10.6 Å². The summed E-state index contributed by atoms with van der Waals surface area (Å²) in [5.74, 6) is -0.277. The normalized spacial score (nSPS) is 13.0. The minimum absolute atomic E-state index is 0.277. The molecule has 6 heteroatoms. The smallest absolute Gasteiger partial charge is 0.228 e. The standard InChI is InChI=1S/C11H13Cl3N2O/c1-7-3-5-9(6-4-7)16-10(11(12,13)14)15-8(2)17/h3-6,10,16H,1-2H3,(H,15,17)/t10-/m1/s1. The quantitative estimate of drug-likeness (QED) is 0.664. The van der Waals surface area contributed by atoms with E-state index in [2.05, 4.69) is 10.6 Å². The molecule has 0 heterocycles. The van der Waals surface area contributed by atoms with Crippen molar-refractivity contribution < 1.29 is 4.79 Å². The SMILES string of the molecule is CC(=O)N[C@H](Nc1ccc(C)cc1)C(Cl)(Cl)Cl. The maximum absolute atomic E-state index is 11.0. The highest BCUT2D eigenvalue weighted by Gasteiger charge is 2.33. The lowest BCUT2D eigenvalue weighted by Gasteiger charge is -2.26. The van der Waals surface area contributed by atoms with Crippen LogP contribution in [0, 0.1) is 6.92 Å². The molecule has 0 aromatic heterocycles. The van der Waals surface area contributed by atoms with E-state index in [1.807, 2.05) is 31.2 Å². The van der Waals surface area contributed by atoms with Crippen molar-refractivity contribution in [2.75, 3.05) is 5.32 Å². The highest BCUT2D eigenvalue weighted by atomic mass is 35.6. The Morgan fingerprint density at radius 2 is 1.76 bits per heavy atom. The number of rotatable bonds is 3. The van der Waals surface area contributed by atoms with Crippen LogP contribution in [0.25, 0.3) is 0 Å². The molecule has 3 nitrogen and oxygen atoms in total. The van der Waals surface area contributed by atoms with Crippen LogP contribution in [0.4, 0.5) is 5.69 Å². The molecule has 0 unspecified atom stereocenters. The highest BCUT2D eigenvalue weighted by Crippen LogP contribution is 2.31. The van der Waals surface area contributed by atoms with Crippen molar-refractivity contribution in [1.82, 2.24) is 5.32 Å². The maximum Gasteiger partial charge on any atom is 0.228 e. The van der Waals surface area contributed by atoms with Crippen LogP contribution in [0.1, 0.15) is 12.5 Å². The van der Waals surface area contributed by atoms with Crippen LogP contribution in [0.3, 0.4) is 0 Å². The lowest BCUT2D eigenvalue weighted by Crippen LogP contribution is -2.48. The number of nitrogens with one attached hydrogen (secondary N) is 2. The van der Waals surface area contributed by atoms with Gasteiger partial charge in [-0.15, -0.1) is 0 Å². The number of carbonyl (C=O) groups excluding carboxylic acids is 1. The molecule has 0 aliphatic carbocycles. The first-order chi connectivity index (χ1) is 7.79. The summed E-state index contributed by atoms with van der Waals surface area (Å²) in [5.41, 5.74) is 1.89. The number of alkyl halides is 3. The number of benzene rings is 1. The van der Waals surface area contributed by atoms with Gasteiger partial charge in [-0.25, -0.2) is 0 Å². The van der Waals surface area contributed by atoms with Gasteiger partial charge in [0, 0.05) is 12.6 Å². The number of hydrogen-bond donors (Lipinski definition) is 2. The number of halogens is 3. The number of aryl methyl sites for hydroxylation is 1. The lowest BCUT2D eigenvalue weighted by molar-refractivity contribution is -0.119. The van der Waals surface area contributed by atoms with Crippen LogP contribution in [0.5, 0.6) is 0 Å². The second kappa shape index (κ2) is 5.80. The van der Waals surface area contributed by atoms with Crippen LogP contribution in [0.15, 0.2) is 24.3 Å². The van der Waals surface area contributed by atoms with E-state index >= 15 is 0 Å². The van der Waals surface area contributed by atoms with Crippen LogP contribution in [-0.4, -0.2) is 15.9 Å². The van der Waals surface area contributed by atoms with Gasteiger partial charge in [-0.3, -0.25) is 4.79 Å². The van der Waals surface area contributed by atoms with Gasteiger partial charge >= 0.3 is 0 Å². The predicted molar refractivity (Wildman–Crippen MR) is 72.7 cm³/mol. The van der Waals surface area contributed by atoms with E-state index in [-0.39, 0.29) is 5.91 Å². The van der Waals surface area contributed by atoms with Crippen molar-refractivity contribution in [2.24, 2.45) is 0 Å². The summed E-state index contributed by atoms with van der Waals surface area (Å²) in [6.07, 6.45) is -0.785. The van der Waals surface area contributed by atoms with Crippen LogP contribution >= 0.6 is 34.8 Å². The van der Waals surface area contributed by atoms with E-state index in [9.17, 15) is 4.79 Å². The van der Waals surface area contributed by atoms with Crippen molar-refractivity contribution in [3.63, 3.8) is 0 Å². The lowest BCUT2D eigenvalue weighted by atomic mass is 10.2. The minimum Gasteiger partial charge on any atom is -0.362 e. The summed E-state index contributed by atoms with van der Waals surface area (Å²) in [4.78, 5) is 11.0. The summed E-state index contributed by atoms with van der Waals surface area (Å²) in [7, 11) is 0. The summed E-state index contributed by atoms with van der Waals surface area (Å²) < 4.78 is -1.63. The van der Waals surface area contributed by atoms with E-state index in [1.54, 1.807) is 0 Å². The monoisotopic (exact) mass is 294 g/mol. The zero-order chi connectivity index (χ0) is 13.1. The molecule has 1 aromatic carbocycles. The Morgan fingerprint density at radius 3 is 2.18 bits per heavy atom. The third-order valence-corrected chi connectivity index (χ3v) is 2.69. The molecule has 0 radical (unpaired) electrons. The fourth-order valence-electron chi connectivity index (χ4n) is 1.22. The van der Waals surface area contributed by atoms with Gasteiger partial charge in [0.05, 0.1) is 0 Å². The number of amides is 1. The van der Waals surface area contributed by atoms with Crippen molar-refractivity contribution in [3.8, 4) is 0 Å². The fourth-order valence-corrected chi connectivity index (χ4v) is 1.55. The van der Waals surface area contributed by atoms with E-state index in [0.717, 1.165) is 11.3 Å². The number of hydrogen-bond acceptors (Lipinski definition) is 2. The molecule has 0 aliphatic heterocycles. The van der Waals surface area contributed by atoms with Crippen molar-refractivity contribution in [1.29, 1.82) is 0 Å². The molecule has 0 aliphatic rings. The van der Waals surface area contributed by atoms with Gasteiger partial charge in [0.25, 0.3) is 0 Å². The fraction of sp³-hybridized carbons (Fsp3) is 0.364. The van der Waals surface area contributed by atoms with Crippen molar-refractivity contribution in [2.45, 2.75) is 23.8 Å². The number of anilines is 1. The first-order valence-electron chi connectivity index (χ1n) is 4.96. The molecule has 2 N–H and O–H groups in total. The molecule has 1 rings (SSSR count). The first-order valence-corrected chi connectivity index (χ1v) is 6.09. The van der Waals surface area contributed by atoms with E-state index < -0.39 is 9.96 Å². The third kappa shape index (κ3) is 5.02. The molecule has 0 saturated carbocycles. The third-order valence-electron chi connectivity index (χ3n) is 2.04. The Labute approximate surface area is 115 Å². The van der Waals surface area contributed by atoms with Crippen LogP contribution in [-0.2, 0) is 4.79 Å². The van der Waals surface area contributed by atoms with Crippen molar-refractivity contribution >= 4 is 46.4 Å². The summed E-state index contributed by atoms with van der Waals surface area (Å²) >= 11 is 17.3. The van der Waals surface area contributed by atoms with Gasteiger partial charge in [0.2, 0.25) is 9.70 Å². The summed E-state index contributed by atoms with van der Waals surface area (Å²) in [6.45, 7) is 3.34. The molecule has 0 spiro atoms. The number of carbonyl (C=O) groups is 1. The largest absolute Gasteiger partial charge is 0.362 e. The van der Waals surface area contributed by atoms with E-state index in [0.29, 0.717) is 0 Å². The Kier molecular flexibility index (Phi) is 4.92. The second-order valence-electron chi connectivity index (χ2n) is 3.69. The molecular weight excluding hydrogens is 282 g/mol. The molecule has 94 valence electrons. The summed E-state index contributed by atoms with van der Waals surface area (Å²) in [5, 5.41) is 5.49. The zero-order valence-electron chi connectivity index (χ0n) is 9.43. The molecule has 1 aromatic rings.